The molecule has 170 valence electrons. The minimum Gasteiger partial charge on any atom is -0.491 e. The zero-order chi connectivity index (χ0) is 22.1. The molecule has 0 aliphatic heterocycles. The highest BCUT2D eigenvalue weighted by Gasteiger charge is 2.11. The van der Waals surface area contributed by atoms with Crippen LogP contribution < -0.4 is 15.4 Å². The van der Waals surface area contributed by atoms with Gasteiger partial charge in [-0.3, -0.25) is 15.1 Å². The summed E-state index contributed by atoms with van der Waals surface area (Å²) >= 11 is 0. The summed E-state index contributed by atoms with van der Waals surface area (Å²) in [5.74, 6) is 0.644. The zero-order valence-corrected chi connectivity index (χ0v) is 20.0. The number of nitrogens with one attached hydrogen (secondary N) is 2. The first-order valence-corrected chi connectivity index (χ1v) is 9.66. The van der Waals surface area contributed by atoms with Crippen molar-refractivity contribution in [3.05, 3.63) is 69.5 Å². The molecule has 0 saturated heterocycles. The Morgan fingerprint density at radius 3 is 2.55 bits per heavy atom. The Kier molecular flexibility index (Phi) is 11.2. The van der Waals surface area contributed by atoms with Crippen LogP contribution >= 0.6 is 24.0 Å². The summed E-state index contributed by atoms with van der Waals surface area (Å²) < 4.78 is 19.3. The van der Waals surface area contributed by atoms with Crippen molar-refractivity contribution in [1.29, 1.82) is 0 Å². The van der Waals surface area contributed by atoms with E-state index in [4.69, 9.17) is 4.74 Å². The second kappa shape index (κ2) is 13.1. The number of halogens is 2. The number of nitrogens with zero attached hydrogens (tertiary/aromatic N) is 2. The maximum absolute atomic E-state index is 13.8. The van der Waals surface area contributed by atoms with Crippen molar-refractivity contribution in [2.24, 2.45) is 4.99 Å². The lowest BCUT2D eigenvalue weighted by Gasteiger charge is -2.19. The highest BCUT2D eigenvalue weighted by molar-refractivity contribution is 14.0. The van der Waals surface area contributed by atoms with Crippen LogP contribution in [0.3, 0.4) is 0 Å². The van der Waals surface area contributed by atoms with Crippen molar-refractivity contribution in [3.63, 3.8) is 0 Å². The largest absolute Gasteiger partial charge is 0.491 e. The minimum absolute atomic E-state index is 0. The standard InChI is InChI=1S/C21H27FN4O4.HI/c1-4-23-21(25-15(3)16-6-5-14(2)20(22)11-16)24-12-18(27)13-30-19-9-7-17(8-10-19)26(28)29;/h5-11,15,18,27H,4,12-13H2,1-3H3,(H2,23,24,25);1H. The molecule has 2 aromatic carbocycles. The highest BCUT2D eigenvalue weighted by Crippen LogP contribution is 2.18. The summed E-state index contributed by atoms with van der Waals surface area (Å²) in [7, 11) is 0. The monoisotopic (exact) mass is 546 g/mol. The van der Waals surface area contributed by atoms with Crippen LogP contribution in [0, 0.1) is 22.9 Å². The lowest BCUT2D eigenvalue weighted by molar-refractivity contribution is -0.384. The lowest BCUT2D eigenvalue weighted by atomic mass is 10.1. The summed E-state index contributed by atoms with van der Waals surface area (Å²) in [5.41, 5.74) is 1.34. The number of aliphatic hydroxyl groups is 1. The predicted octanol–water partition coefficient (Wildman–Crippen LogP) is 3.72. The van der Waals surface area contributed by atoms with Gasteiger partial charge in [0.15, 0.2) is 5.96 Å². The average molecular weight is 546 g/mol. The topological polar surface area (TPSA) is 109 Å². The molecule has 2 aromatic rings. The molecule has 2 atom stereocenters. The molecule has 2 rings (SSSR count). The van der Waals surface area contributed by atoms with Gasteiger partial charge in [0.05, 0.1) is 17.5 Å². The number of non-ortho nitro benzene ring substituents is 1. The molecule has 8 nitrogen and oxygen atoms in total. The van der Waals surface area contributed by atoms with E-state index >= 15 is 0 Å². The number of rotatable bonds is 9. The van der Waals surface area contributed by atoms with E-state index in [1.807, 2.05) is 19.9 Å². The number of benzene rings is 2. The Labute approximate surface area is 198 Å². The molecule has 0 fully saturated rings. The second-order valence-corrected chi connectivity index (χ2v) is 6.81. The molecule has 31 heavy (non-hydrogen) atoms. The third-order valence-electron chi connectivity index (χ3n) is 4.34. The summed E-state index contributed by atoms with van der Waals surface area (Å²) in [4.78, 5) is 14.5. The van der Waals surface area contributed by atoms with Crippen molar-refractivity contribution in [3.8, 4) is 5.75 Å². The smallest absolute Gasteiger partial charge is 0.269 e. The van der Waals surface area contributed by atoms with Gasteiger partial charge in [-0.05, 0) is 50.1 Å². The van der Waals surface area contributed by atoms with Crippen molar-refractivity contribution >= 4 is 35.6 Å². The molecule has 0 bridgehead atoms. The van der Waals surface area contributed by atoms with Gasteiger partial charge in [0.25, 0.3) is 5.69 Å². The third kappa shape index (κ3) is 8.66. The number of nitro groups is 1. The van der Waals surface area contributed by atoms with E-state index in [9.17, 15) is 19.6 Å². The van der Waals surface area contributed by atoms with E-state index in [0.29, 0.717) is 23.8 Å². The predicted molar refractivity (Wildman–Crippen MR) is 129 cm³/mol. The maximum Gasteiger partial charge on any atom is 0.269 e. The summed E-state index contributed by atoms with van der Waals surface area (Å²) in [5, 5.41) is 27.1. The van der Waals surface area contributed by atoms with Crippen molar-refractivity contribution in [2.75, 3.05) is 19.7 Å². The van der Waals surface area contributed by atoms with Crippen molar-refractivity contribution < 1.29 is 19.2 Å². The fourth-order valence-electron chi connectivity index (χ4n) is 2.59. The van der Waals surface area contributed by atoms with Crippen LogP contribution in [0.4, 0.5) is 10.1 Å². The second-order valence-electron chi connectivity index (χ2n) is 6.81. The number of ether oxygens (including phenoxy) is 1. The molecule has 0 spiro atoms. The fraction of sp³-hybridized carbons (Fsp3) is 0.381. The number of hydrogen-bond donors (Lipinski definition) is 3. The van der Waals surface area contributed by atoms with E-state index in [0.717, 1.165) is 5.56 Å². The van der Waals surface area contributed by atoms with Gasteiger partial charge in [-0.2, -0.15) is 0 Å². The van der Waals surface area contributed by atoms with Crippen LogP contribution in [0.5, 0.6) is 5.75 Å². The van der Waals surface area contributed by atoms with E-state index in [-0.39, 0.29) is 54.7 Å². The van der Waals surface area contributed by atoms with Crippen LogP contribution in [-0.4, -0.2) is 41.8 Å². The van der Waals surface area contributed by atoms with E-state index in [1.165, 1.54) is 30.3 Å². The van der Waals surface area contributed by atoms with Crippen LogP contribution in [-0.2, 0) is 0 Å². The van der Waals surface area contributed by atoms with Gasteiger partial charge >= 0.3 is 0 Å². The minimum atomic E-state index is -0.872. The molecule has 0 radical (unpaired) electrons. The molecule has 0 heterocycles. The number of nitro benzene ring substituents is 1. The SMILES string of the molecule is CCNC(=NCC(O)COc1ccc([N+](=O)[O-])cc1)NC(C)c1ccc(C)c(F)c1.I. The average Bonchev–Trinajstić information content (AvgIpc) is 2.72. The van der Waals surface area contributed by atoms with Crippen molar-refractivity contribution in [1.82, 2.24) is 10.6 Å². The van der Waals surface area contributed by atoms with Gasteiger partial charge in [-0.15, -0.1) is 24.0 Å². The van der Waals surface area contributed by atoms with Gasteiger partial charge in [0.2, 0.25) is 0 Å². The van der Waals surface area contributed by atoms with E-state index in [2.05, 4.69) is 15.6 Å². The Hall–Kier alpha value is -2.47. The van der Waals surface area contributed by atoms with Crippen molar-refractivity contribution in [2.45, 2.75) is 32.9 Å². The van der Waals surface area contributed by atoms with Gasteiger partial charge in [0, 0.05) is 18.7 Å². The van der Waals surface area contributed by atoms with Gasteiger partial charge < -0.3 is 20.5 Å². The molecule has 0 aromatic heterocycles. The van der Waals surface area contributed by atoms with Crippen LogP contribution in [0.1, 0.15) is 31.0 Å². The van der Waals surface area contributed by atoms with Gasteiger partial charge in [-0.25, -0.2) is 4.39 Å². The molecule has 10 heteroatoms. The molecule has 0 aliphatic rings. The van der Waals surface area contributed by atoms with E-state index < -0.39 is 11.0 Å². The molecule has 3 N–H and O–H groups in total. The molecular weight excluding hydrogens is 518 g/mol. The molecular formula is C21H28FIN4O4. The van der Waals surface area contributed by atoms with E-state index in [1.54, 1.807) is 13.0 Å². The van der Waals surface area contributed by atoms with Gasteiger partial charge in [-0.1, -0.05) is 12.1 Å². The molecule has 2 unspecified atom stereocenters. The summed E-state index contributed by atoms with van der Waals surface area (Å²) in [6, 6.07) is 10.5. The number of aliphatic imine (C=N–C) groups is 1. The number of aryl methyl sites for hydroxylation is 1. The van der Waals surface area contributed by atoms with Gasteiger partial charge in [0.1, 0.15) is 24.3 Å². The summed E-state index contributed by atoms with van der Waals surface area (Å²) in [6.45, 7) is 6.21. The number of hydrogen-bond acceptors (Lipinski definition) is 5. The molecule has 0 aliphatic carbocycles. The molecule has 0 amide bonds. The Bertz CT molecular complexity index is 880. The number of aliphatic hydroxyl groups excluding tert-OH is 1. The third-order valence-corrected chi connectivity index (χ3v) is 4.34. The quantitative estimate of drug-likeness (QED) is 0.146. The first-order chi connectivity index (χ1) is 14.3. The highest BCUT2D eigenvalue weighted by atomic mass is 127. The zero-order valence-electron chi connectivity index (χ0n) is 17.7. The van der Waals surface area contributed by atoms with Crippen LogP contribution in [0.2, 0.25) is 0 Å². The van der Waals surface area contributed by atoms with Crippen LogP contribution in [0.15, 0.2) is 47.5 Å². The Balaban J connectivity index is 0.00000480. The fourth-order valence-corrected chi connectivity index (χ4v) is 2.59. The first-order valence-electron chi connectivity index (χ1n) is 9.66. The normalized spacial score (nSPS) is 13.0. The lowest BCUT2D eigenvalue weighted by Crippen LogP contribution is -2.39. The summed E-state index contributed by atoms with van der Waals surface area (Å²) in [6.07, 6.45) is -0.872. The first kappa shape index (κ1) is 26.6. The maximum atomic E-state index is 13.8. The number of guanidine groups is 1. The molecule has 0 saturated carbocycles. The Morgan fingerprint density at radius 2 is 1.97 bits per heavy atom. The Morgan fingerprint density at radius 1 is 1.29 bits per heavy atom. The van der Waals surface area contributed by atoms with Crippen LogP contribution in [0.25, 0.3) is 0 Å².